The number of carbonyl (C=O) groups is 1. The van der Waals surface area contributed by atoms with E-state index in [4.69, 9.17) is 9.72 Å². The van der Waals surface area contributed by atoms with E-state index in [1.54, 1.807) is 0 Å². The first-order chi connectivity index (χ1) is 9.78. The molecule has 2 rings (SSSR count). The molecule has 5 heteroatoms. The zero-order chi connectivity index (χ0) is 15.8. The van der Waals surface area contributed by atoms with E-state index in [1.807, 2.05) is 39.0 Å². The summed E-state index contributed by atoms with van der Waals surface area (Å²) in [4.78, 5) is 17.0. The van der Waals surface area contributed by atoms with Crippen LogP contribution in [0, 0.1) is 0 Å². The Hall–Kier alpha value is -1.36. The van der Waals surface area contributed by atoms with Crippen LogP contribution in [0.1, 0.15) is 46.5 Å². The van der Waals surface area contributed by atoms with Crippen LogP contribution in [0.15, 0.2) is 22.7 Å². The molecule has 0 amide bonds. The molecular formula is C16H21BrN2O2. The van der Waals surface area contributed by atoms with Gasteiger partial charge >= 0.3 is 5.97 Å². The lowest BCUT2D eigenvalue weighted by atomic mass is 9.92. The fourth-order valence-corrected chi connectivity index (χ4v) is 2.79. The van der Waals surface area contributed by atoms with E-state index < -0.39 is 5.41 Å². The second-order valence-electron chi connectivity index (χ2n) is 5.88. The van der Waals surface area contributed by atoms with Crippen LogP contribution < -0.4 is 0 Å². The monoisotopic (exact) mass is 352 g/mol. The first-order valence-electron chi connectivity index (χ1n) is 7.14. The molecule has 0 unspecified atom stereocenters. The van der Waals surface area contributed by atoms with Crippen LogP contribution in [-0.4, -0.2) is 22.1 Å². The van der Waals surface area contributed by atoms with Crippen LogP contribution in [0.2, 0.25) is 0 Å². The number of imidazole rings is 1. The molecule has 0 saturated heterocycles. The predicted molar refractivity (Wildman–Crippen MR) is 87.5 cm³/mol. The molecule has 4 nitrogen and oxygen atoms in total. The van der Waals surface area contributed by atoms with Crippen LogP contribution >= 0.6 is 15.9 Å². The van der Waals surface area contributed by atoms with Crippen molar-refractivity contribution < 1.29 is 9.53 Å². The molecule has 0 N–H and O–H groups in total. The zero-order valence-electron chi connectivity index (χ0n) is 13.1. The molecule has 0 saturated carbocycles. The fourth-order valence-electron chi connectivity index (χ4n) is 2.44. The van der Waals surface area contributed by atoms with Crippen molar-refractivity contribution >= 4 is 32.9 Å². The van der Waals surface area contributed by atoms with Gasteiger partial charge in [-0.25, -0.2) is 4.98 Å². The Balaban J connectivity index is 2.67. The smallest absolute Gasteiger partial charge is 0.319 e. The molecule has 1 heterocycles. The second kappa shape index (κ2) is 5.79. The molecule has 1 aromatic carbocycles. The molecule has 0 aliphatic rings. The maximum absolute atomic E-state index is 12.3. The highest BCUT2D eigenvalue weighted by Gasteiger charge is 2.37. The third-order valence-electron chi connectivity index (χ3n) is 3.51. The molecular weight excluding hydrogens is 332 g/mol. The van der Waals surface area contributed by atoms with E-state index in [0.29, 0.717) is 6.61 Å². The van der Waals surface area contributed by atoms with Crippen molar-refractivity contribution in [1.29, 1.82) is 0 Å². The number of fused-ring (bicyclic) bond motifs is 1. The summed E-state index contributed by atoms with van der Waals surface area (Å²) in [5.41, 5.74) is 1.12. The first-order valence-corrected chi connectivity index (χ1v) is 7.93. The summed E-state index contributed by atoms with van der Waals surface area (Å²) < 4.78 is 8.30. The van der Waals surface area contributed by atoms with Crippen molar-refractivity contribution in [2.75, 3.05) is 6.61 Å². The van der Waals surface area contributed by atoms with Gasteiger partial charge in [-0.2, -0.15) is 0 Å². The van der Waals surface area contributed by atoms with Gasteiger partial charge in [-0.3, -0.25) is 4.79 Å². The van der Waals surface area contributed by atoms with E-state index >= 15 is 0 Å². The number of halogens is 1. The topological polar surface area (TPSA) is 44.1 Å². The van der Waals surface area contributed by atoms with Gasteiger partial charge in [-0.15, -0.1) is 0 Å². The molecule has 2 aromatic rings. The minimum absolute atomic E-state index is 0.208. The standard InChI is InChI=1S/C16H21BrN2O2/c1-6-21-15(20)16(4,5)14-18-12-9-11(17)7-8-13(12)19(14)10(2)3/h7-10H,6H2,1-5H3. The zero-order valence-corrected chi connectivity index (χ0v) is 14.7. The lowest BCUT2D eigenvalue weighted by Gasteiger charge is -2.24. The Morgan fingerprint density at radius 2 is 2.10 bits per heavy atom. The van der Waals surface area contributed by atoms with Crippen LogP contribution in [0.4, 0.5) is 0 Å². The Kier molecular flexibility index (Phi) is 4.42. The van der Waals surface area contributed by atoms with Gasteiger partial charge in [0.25, 0.3) is 0 Å². The van der Waals surface area contributed by atoms with Gasteiger partial charge in [-0.05, 0) is 52.8 Å². The summed E-state index contributed by atoms with van der Waals surface area (Å²) in [6.07, 6.45) is 0. The summed E-state index contributed by atoms with van der Waals surface area (Å²) in [5, 5.41) is 0. The van der Waals surface area contributed by atoms with E-state index in [2.05, 4.69) is 34.3 Å². The Morgan fingerprint density at radius 3 is 2.67 bits per heavy atom. The quantitative estimate of drug-likeness (QED) is 0.773. The van der Waals surface area contributed by atoms with Crippen LogP contribution in [-0.2, 0) is 14.9 Å². The molecule has 0 aliphatic heterocycles. The summed E-state index contributed by atoms with van der Waals surface area (Å²) in [6, 6.07) is 6.19. The predicted octanol–water partition coefficient (Wildman–Crippen LogP) is 4.22. The molecule has 0 atom stereocenters. The van der Waals surface area contributed by atoms with E-state index in [0.717, 1.165) is 21.3 Å². The van der Waals surface area contributed by atoms with E-state index in [-0.39, 0.29) is 12.0 Å². The highest BCUT2D eigenvalue weighted by molar-refractivity contribution is 9.10. The lowest BCUT2D eigenvalue weighted by Crippen LogP contribution is -2.34. The number of benzene rings is 1. The molecule has 0 radical (unpaired) electrons. The number of nitrogens with zero attached hydrogens (tertiary/aromatic N) is 2. The Bertz CT molecular complexity index is 674. The fraction of sp³-hybridized carbons (Fsp3) is 0.500. The summed E-state index contributed by atoms with van der Waals surface area (Å²) >= 11 is 3.47. The lowest BCUT2D eigenvalue weighted by molar-refractivity contribution is -0.149. The van der Waals surface area contributed by atoms with Crippen molar-refractivity contribution in [2.45, 2.75) is 46.1 Å². The van der Waals surface area contributed by atoms with Gasteiger partial charge in [-0.1, -0.05) is 15.9 Å². The number of carbonyl (C=O) groups excluding carboxylic acids is 1. The van der Waals surface area contributed by atoms with Crippen molar-refractivity contribution in [2.24, 2.45) is 0 Å². The highest BCUT2D eigenvalue weighted by Crippen LogP contribution is 2.32. The first kappa shape index (κ1) is 16.0. The number of hydrogen-bond donors (Lipinski definition) is 0. The molecule has 114 valence electrons. The van der Waals surface area contributed by atoms with E-state index in [9.17, 15) is 4.79 Å². The van der Waals surface area contributed by atoms with Crippen LogP contribution in [0.3, 0.4) is 0 Å². The molecule has 0 spiro atoms. The van der Waals surface area contributed by atoms with E-state index in [1.165, 1.54) is 0 Å². The number of rotatable bonds is 4. The minimum Gasteiger partial charge on any atom is -0.465 e. The highest BCUT2D eigenvalue weighted by atomic mass is 79.9. The molecule has 0 aliphatic carbocycles. The number of aromatic nitrogens is 2. The van der Waals surface area contributed by atoms with Gasteiger partial charge < -0.3 is 9.30 Å². The summed E-state index contributed by atoms with van der Waals surface area (Å²) in [6.45, 7) is 10.1. The normalized spacial score (nSPS) is 12.1. The summed E-state index contributed by atoms with van der Waals surface area (Å²) in [7, 11) is 0. The van der Waals surface area contributed by atoms with Gasteiger partial charge in [0.1, 0.15) is 11.2 Å². The van der Waals surface area contributed by atoms with Crippen molar-refractivity contribution in [3.05, 3.63) is 28.5 Å². The molecule has 21 heavy (non-hydrogen) atoms. The number of esters is 1. The largest absolute Gasteiger partial charge is 0.465 e. The Morgan fingerprint density at radius 1 is 1.43 bits per heavy atom. The molecule has 0 bridgehead atoms. The van der Waals surface area contributed by atoms with Crippen molar-refractivity contribution in [3.8, 4) is 0 Å². The third kappa shape index (κ3) is 2.84. The maximum atomic E-state index is 12.3. The van der Waals surface area contributed by atoms with Gasteiger partial charge in [0.05, 0.1) is 17.6 Å². The maximum Gasteiger partial charge on any atom is 0.319 e. The van der Waals surface area contributed by atoms with Gasteiger partial charge in [0, 0.05) is 10.5 Å². The minimum atomic E-state index is -0.786. The van der Waals surface area contributed by atoms with Crippen molar-refractivity contribution in [1.82, 2.24) is 9.55 Å². The number of hydrogen-bond acceptors (Lipinski definition) is 3. The summed E-state index contributed by atoms with van der Waals surface area (Å²) in [5.74, 6) is 0.491. The number of ether oxygens (including phenoxy) is 1. The molecule has 0 fully saturated rings. The Labute approximate surface area is 133 Å². The van der Waals surface area contributed by atoms with Gasteiger partial charge in [0.15, 0.2) is 0 Å². The average molecular weight is 353 g/mol. The SMILES string of the molecule is CCOC(=O)C(C)(C)c1nc2cc(Br)ccc2n1C(C)C. The van der Waals surface area contributed by atoms with Gasteiger partial charge in [0.2, 0.25) is 0 Å². The third-order valence-corrected chi connectivity index (χ3v) is 4.01. The van der Waals surface area contributed by atoms with Crippen molar-refractivity contribution in [3.63, 3.8) is 0 Å². The average Bonchev–Trinajstić information content (AvgIpc) is 2.78. The van der Waals surface area contributed by atoms with Crippen LogP contribution in [0.5, 0.6) is 0 Å². The molecule has 1 aromatic heterocycles. The van der Waals surface area contributed by atoms with Crippen LogP contribution in [0.25, 0.3) is 11.0 Å². The second-order valence-corrected chi connectivity index (χ2v) is 6.79.